The first kappa shape index (κ1) is 14.5. The molecule has 0 aliphatic heterocycles. The summed E-state index contributed by atoms with van der Waals surface area (Å²) in [4.78, 5) is 20.4. The van der Waals surface area contributed by atoms with Gasteiger partial charge in [-0.2, -0.15) is 0 Å². The predicted octanol–water partition coefficient (Wildman–Crippen LogP) is 2.83. The Morgan fingerprint density at radius 2 is 2.10 bits per heavy atom. The number of oxazole rings is 1. The second-order valence-electron chi connectivity index (χ2n) is 4.46. The minimum atomic E-state index is -0.225. The molecule has 20 heavy (non-hydrogen) atoms. The fraction of sp³-hybridized carbons (Fsp3) is 0.357. The maximum atomic E-state index is 12.1. The monoisotopic (exact) mass is 293 g/mol. The molecule has 0 aromatic carbocycles. The van der Waals surface area contributed by atoms with E-state index in [0.717, 1.165) is 23.6 Å². The lowest BCUT2D eigenvalue weighted by molar-refractivity contribution is 0.0947. The van der Waals surface area contributed by atoms with Crippen molar-refractivity contribution in [3.63, 3.8) is 0 Å². The number of pyridine rings is 1. The van der Waals surface area contributed by atoms with Gasteiger partial charge in [-0.15, -0.1) is 0 Å². The van der Waals surface area contributed by atoms with Gasteiger partial charge in [0.25, 0.3) is 5.91 Å². The summed E-state index contributed by atoms with van der Waals surface area (Å²) in [5.74, 6) is 1.02. The van der Waals surface area contributed by atoms with Gasteiger partial charge in [-0.25, -0.2) is 9.97 Å². The molecule has 1 N–H and O–H groups in total. The Labute approximate surface area is 122 Å². The van der Waals surface area contributed by atoms with Crippen LogP contribution in [-0.4, -0.2) is 15.9 Å². The number of carbonyl (C=O) groups is 1. The Morgan fingerprint density at radius 1 is 1.35 bits per heavy atom. The smallest absolute Gasteiger partial charge is 0.251 e. The van der Waals surface area contributed by atoms with Crippen LogP contribution in [0.5, 0.6) is 0 Å². The summed E-state index contributed by atoms with van der Waals surface area (Å²) in [6.07, 6.45) is 0.721. The van der Waals surface area contributed by atoms with E-state index in [9.17, 15) is 4.79 Å². The maximum absolute atomic E-state index is 12.1. The van der Waals surface area contributed by atoms with Gasteiger partial charge in [0, 0.05) is 11.3 Å². The van der Waals surface area contributed by atoms with Crippen molar-refractivity contribution in [2.75, 3.05) is 0 Å². The predicted molar refractivity (Wildman–Crippen MR) is 75.8 cm³/mol. The van der Waals surface area contributed by atoms with Crippen molar-refractivity contribution in [1.82, 2.24) is 15.3 Å². The van der Waals surface area contributed by atoms with Crippen LogP contribution in [0.2, 0.25) is 5.15 Å². The minimum absolute atomic E-state index is 0.225. The highest BCUT2D eigenvalue weighted by atomic mass is 35.5. The zero-order valence-corrected chi connectivity index (χ0v) is 12.4. The molecule has 0 unspecified atom stereocenters. The number of nitrogens with one attached hydrogen (secondary N) is 1. The number of halogens is 1. The van der Waals surface area contributed by atoms with E-state index in [4.69, 9.17) is 16.0 Å². The topological polar surface area (TPSA) is 68.0 Å². The maximum Gasteiger partial charge on any atom is 0.251 e. The summed E-state index contributed by atoms with van der Waals surface area (Å²) in [5, 5.41) is 3.07. The van der Waals surface area contributed by atoms with Gasteiger partial charge in [0.1, 0.15) is 10.9 Å². The normalized spacial score (nSPS) is 10.6. The Morgan fingerprint density at radius 3 is 2.70 bits per heavy atom. The highest BCUT2D eigenvalue weighted by Gasteiger charge is 2.11. The van der Waals surface area contributed by atoms with Crippen LogP contribution in [0.3, 0.4) is 0 Å². The van der Waals surface area contributed by atoms with Crippen molar-refractivity contribution in [1.29, 1.82) is 0 Å². The summed E-state index contributed by atoms with van der Waals surface area (Å²) >= 11 is 5.89. The van der Waals surface area contributed by atoms with Gasteiger partial charge in [0.2, 0.25) is 5.89 Å². The number of carbonyl (C=O) groups excluding carboxylic acids is 1. The fourth-order valence-corrected chi connectivity index (χ4v) is 1.96. The standard InChI is InChI=1S/C14H16ClN3O2/c1-4-11-5-10(6-12(15)18-11)14(19)16-7-13-17-8(2)9(3)20-13/h5-6H,4,7H2,1-3H3,(H,16,19). The van der Waals surface area contributed by atoms with Gasteiger partial charge in [-0.1, -0.05) is 18.5 Å². The van der Waals surface area contributed by atoms with E-state index in [1.807, 2.05) is 20.8 Å². The van der Waals surface area contributed by atoms with E-state index in [-0.39, 0.29) is 12.5 Å². The van der Waals surface area contributed by atoms with Crippen LogP contribution >= 0.6 is 11.6 Å². The van der Waals surface area contributed by atoms with E-state index in [1.54, 1.807) is 12.1 Å². The van der Waals surface area contributed by atoms with Gasteiger partial charge < -0.3 is 9.73 Å². The molecule has 2 heterocycles. The second kappa shape index (κ2) is 6.05. The third-order valence-corrected chi connectivity index (χ3v) is 3.14. The zero-order chi connectivity index (χ0) is 14.7. The molecular formula is C14H16ClN3O2. The quantitative estimate of drug-likeness (QED) is 0.880. The number of nitrogens with zero attached hydrogens (tertiary/aromatic N) is 2. The van der Waals surface area contributed by atoms with E-state index in [1.165, 1.54) is 0 Å². The third-order valence-electron chi connectivity index (χ3n) is 2.94. The highest BCUT2D eigenvalue weighted by Crippen LogP contribution is 2.12. The van der Waals surface area contributed by atoms with Crippen molar-refractivity contribution >= 4 is 17.5 Å². The number of amides is 1. The first-order valence-corrected chi connectivity index (χ1v) is 6.75. The van der Waals surface area contributed by atoms with Crippen LogP contribution in [0.1, 0.15) is 40.3 Å². The lowest BCUT2D eigenvalue weighted by Gasteiger charge is -2.05. The van der Waals surface area contributed by atoms with Gasteiger partial charge in [-0.3, -0.25) is 4.79 Å². The Kier molecular flexibility index (Phi) is 4.39. The number of aromatic nitrogens is 2. The van der Waals surface area contributed by atoms with Crippen molar-refractivity contribution < 1.29 is 9.21 Å². The molecule has 5 nitrogen and oxygen atoms in total. The molecule has 0 radical (unpaired) electrons. The van der Waals surface area contributed by atoms with Crippen molar-refractivity contribution in [2.24, 2.45) is 0 Å². The van der Waals surface area contributed by atoms with Crippen LogP contribution < -0.4 is 5.32 Å². The second-order valence-corrected chi connectivity index (χ2v) is 4.84. The van der Waals surface area contributed by atoms with Crippen molar-refractivity contribution in [2.45, 2.75) is 33.7 Å². The molecule has 0 atom stereocenters. The average molecular weight is 294 g/mol. The molecule has 0 saturated heterocycles. The van der Waals surface area contributed by atoms with Crippen LogP contribution in [0, 0.1) is 13.8 Å². The average Bonchev–Trinajstić information content (AvgIpc) is 2.74. The molecule has 1 amide bonds. The van der Waals surface area contributed by atoms with Crippen molar-refractivity contribution in [3.8, 4) is 0 Å². The van der Waals surface area contributed by atoms with Gasteiger partial charge >= 0.3 is 0 Å². The summed E-state index contributed by atoms with van der Waals surface area (Å²) in [6.45, 7) is 5.90. The van der Waals surface area contributed by atoms with Gasteiger partial charge in [-0.05, 0) is 32.4 Å². The number of aryl methyl sites for hydroxylation is 3. The first-order valence-electron chi connectivity index (χ1n) is 6.37. The SMILES string of the molecule is CCc1cc(C(=O)NCc2nc(C)c(C)o2)cc(Cl)n1. The molecule has 2 aromatic heterocycles. The van der Waals surface area contributed by atoms with Crippen LogP contribution in [0.4, 0.5) is 0 Å². The Bertz CT molecular complexity index is 618. The molecule has 0 spiro atoms. The lowest BCUT2D eigenvalue weighted by Crippen LogP contribution is -2.23. The molecule has 106 valence electrons. The first-order chi connectivity index (χ1) is 9.49. The molecule has 2 rings (SSSR count). The molecule has 0 saturated carbocycles. The fourth-order valence-electron chi connectivity index (χ4n) is 1.74. The van der Waals surface area contributed by atoms with Crippen molar-refractivity contribution in [3.05, 3.63) is 45.9 Å². The molecule has 0 aliphatic carbocycles. The summed E-state index contributed by atoms with van der Waals surface area (Å²) in [7, 11) is 0. The number of rotatable bonds is 4. The van der Waals surface area contributed by atoms with Gasteiger partial charge in [0.05, 0.1) is 12.2 Å². The van der Waals surface area contributed by atoms with Crippen LogP contribution in [-0.2, 0) is 13.0 Å². The number of hydrogen-bond acceptors (Lipinski definition) is 4. The van der Waals surface area contributed by atoms with E-state index >= 15 is 0 Å². The van der Waals surface area contributed by atoms with Crippen LogP contribution in [0.15, 0.2) is 16.5 Å². The molecule has 6 heteroatoms. The third kappa shape index (κ3) is 3.36. The Balaban J connectivity index is 2.06. The molecule has 0 aliphatic rings. The highest BCUT2D eigenvalue weighted by molar-refractivity contribution is 6.29. The molecular weight excluding hydrogens is 278 g/mol. The van der Waals surface area contributed by atoms with Crippen LogP contribution in [0.25, 0.3) is 0 Å². The summed E-state index contributed by atoms with van der Waals surface area (Å²) < 4.78 is 5.40. The van der Waals surface area contributed by atoms with Gasteiger partial charge in [0.15, 0.2) is 0 Å². The molecule has 0 bridgehead atoms. The van der Waals surface area contributed by atoms with E-state index < -0.39 is 0 Å². The zero-order valence-electron chi connectivity index (χ0n) is 11.7. The summed E-state index contributed by atoms with van der Waals surface area (Å²) in [5.41, 5.74) is 2.10. The number of hydrogen-bond donors (Lipinski definition) is 1. The lowest BCUT2D eigenvalue weighted by atomic mass is 10.2. The van der Waals surface area contributed by atoms with E-state index in [0.29, 0.717) is 16.6 Å². The minimum Gasteiger partial charge on any atom is -0.444 e. The molecule has 0 fully saturated rings. The Hall–Kier alpha value is -1.88. The molecule has 2 aromatic rings. The van der Waals surface area contributed by atoms with E-state index in [2.05, 4.69) is 15.3 Å². The largest absolute Gasteiger partial charge is 0.444 e. The summed E-state index contributed by atoms with van der Waals surface area (Å²) in [6, 6.07) is 3.27.